The van der Waals surface area contributed by atoms with Gasteiger partial charge in [0.1, 0.15) is 11.5 Å². The molecule has 0 saturated heterocycles. The second-order valence-corrected chi connectivity index (χ2v) is 6.16. The van der Waals surface area contributed by atoms with Crippen molar-refractivity contribution in [3.8, 4) is 11.5 Å². The lowest BCUT2D eigenvalue weighted by Gasteiger charge is -2.02. The van der Waals surface area contributed by atoms with Crippen LogP contribution in [0.15, 0.2) is 90.0 Å². The van der Waals surface area contributed by atoms with E-state index in [9.17, 15) is 9.59 Å². The fraction of sp³-hybridized carbons (Fsp3) is 0.0417. The first-order chi connectivity index (χ1) is 14.6. The third kappa shape index (κ3) is 6.17. The Labute approximate surface area is 174 Å². The Morgan fingerprint density at radius 3 is 2.13 bits per heavy atom. The highest BCUT2D eigenvalue weighted by Crippen LogP contribution is 2.14. The molecule has 3 aromatic carbocycles. The van der Waals surface area contributed by atoms with Crippen molar-refractivity contribution in [2.45, 2.75) is 0 Å². The molecule has 0 aromatic heterocycles. The van der Waals surface area contributed by atoms with Crippen LogP contribution in [0.1, 0.15) is 21.5 Å². The summed E-state index contributed by atoms with van der Waals surface area (Å²) in [6.07, 6.45) is 4.53. The van der Waals surface area contributed by atoms with Crippen molar-refractivity contribution in [1.82, 2.24) is 5.43 Å². The number of ether oxygens (including phenoxy) is 2. The molecule has 0 spiro atoms. The van der Waals surface area contributed by atoms with Crippen molar-refractivity contribution in [2.24, 2.45) is 5.10 Å². The van der Waals surface area contributed by atoms with Crippen molar-refractivity contribution in [3.63, 3.8) is 0 Å². The fourth-order valence-electron chi connectivity index (χ4n) is 2.47. The summed E-state index contributed by atoms with van der Waals surface area (Å²) in [6.45, 7) is 0. The first kappa shape index (κ1) is 20.5. The molecular weight excluding hydrogens is 380 g/mol. The maximum absolute atomic E-state index is 12.0. The lowest BCUT2D eigenvalue weighted by Crippen LogP contribution is -2.17. The molecule has 3 aromatic rings. The maximum Gasteiger partial charge on any atom is 0.336 e. The van der Waals surface area contributed by atoms with E-state index in [0.717, 1.165) is 16.9 Å². The van der Waals surface area contributed by atoms with E-state index in [-0.39, 0.29) is 5.91 Å². The number of hydrogen-bond donors (Lipinski definition) is 1. The van der Waals surface area contributed by atoms with E-state index >= 15 is 0 Å². The van der Waals surface area contributed by atoms with Gasteiger partial charge in [-0.15, -0.1) is 0 Å². The van der Waals surface area contributed by atoms with Crippen LogP contribution in [0.2, 0.25) is 0 Å². The standard InChI is InChI=1S/C24H20N2O4/c1-29-21-12-7-18(8-13-21)11-16-23(27)30-22-14-9-19(10-15-22)17-25-26-24(28)20-5-3-2-4-6-20/h2-17H,1H3,(H,26,28)/b16-11+,25-17+. The van der Waals surface area contributed by atoms with E-state index in [0.29, 0.717) is 11.3 Å². The maximum atomic E-state index is 12.0. The summed E-state index contributed by atoms with van der Waals surface area (Å²) in [5.74, 6) is 0.381. The zero-order valence-electron chi connectivity index (χ0n) is 16.3. The molecule has 3 rings (SSSR count). The van der Waals surface area contributed by atoms with Crippen molar-refractivity contribution < 1.29 is 19.1 Å². The molecule has 6 heteroatoms. The first-order valence-electron chi connectivity index (χ1n) is 9.16. The topological polar surface area (TPSA) is 77.0 Å². The predicted molar refractivity (Wildman–Crippen MR) is 116 cm³/mol. The van der Waals surface area contributed by atoms with Crippen LogP contribution >= 0.6 is 0 Å². The summed E-state index contributed by atoms with van der Waals surface area (Å²) < 4.78 is 10.4. The van der Waals surface area contributed by atoms with E-state index < -0.39 is 5.97 Å². The van der Waals surface area contributed by atoms with E-state index in [1.54, 1.807) is 61.7 Å². The number of hydrazone groups is 1. The van der Waals surface area contributed by atoms with Crippen LogP contribution in [-0.2, 0) is 4.79 Å². The third-order valence-corrected chi connectivity index (χ3v) is 4.04. The van der Waals surface area contributed by atoms with Gasteiger partial charge in [-0.05, 0) is 65.7 Å². The average molecular weight is 400 g/mol. The van der Waals surface area contributed by atoms with E-state index in [4.69, 9.17) is 9.47 Å². The second kappa shape index (κ2) is 10.4. The lowest BCUT2D eigenvalue weighted by atomic mass is 10.2. The van der Waals surface area contributed by atoms with Crippen LogP contribution in [-0.4, -0.2) is 25.2 Å². The quantitative estimate of drug-likeness (QED) is 0.213. The van der Waals surface area contributed by atoms with Gasteiger partial charge in [-0.1, -0.05) is 30.3 Å². The Morgan fingerprint density at radius 2 is 1.47 bits per heavy atom. The van der Waals surface area contributed by atoms with Crippen molar-refractivity contribution in [2.75, 3.05) is 7.11 Å². The molecule has 0 bridgehead atoms. The van der Waals surface area contributed by atoms with Crippen LogP contribution in [0.3, 0.4) is 0 Å². The summed E-state index contributed by atoms with van der Waals surface area (Å²) in [6, 6.07) is 22.9. The zero-order valence-corrected chi connectivity index (χ0v) is 16.3. The molecule has 0 aliphatic heterocycles. The average Bonchev–Trinajstić information content (AvgIpc) is 2.79. The highest BCUT2D eigenvalue weighted by molar-refractivity contribution is 5.94. The second-order valence-electron chi connectivity index (χ2n) is 6.16. The summed E-state index contributed by atoms with van der Waals surface area (Å²) >= 11 is 0. The lowest BCUT2D eigenvalue weighted by molar-refractivity contribution is -0.128. The number of hydrogen-bond acceptors (Lipinski definition) is 5. The predicted octanol–water partition coefficient (Wildman–Crippen LogP) is 4.08. The highest BCUT2D eigenvalue weighted by atomic mass is 16.5. The number of benzene rings is 3. The molecule has 0 fully saturated rings. The minimum absolute atomic E-state index is 0.291. The number of carbonyl (C=O) groups is 2. The summed E-state index contributed by atoms with van der Waals surface area (Å²) in [4.78, 5) is 23.9. The van der Waals surface area contributed by atoms with E-state index in [2.05, 4.69) is 10.5 Å². The molecule has 0 radical (unpaired) electrons. The Balaban J connectivity index is 1.50. The van der Waals surface area contributed by atoms with Crippen LogP contribution in [0.4, 0.5) is 0 Å². The molecule has 30 heavy (non-hydrogen) atoms. The normalized spacial score (nSPS) is 10.8. The Kier molecular flexibility index (Phi) is 7.11. The molecule has 6 nitrogen and oxygen atoms in total. The Bertz CT molecular complexity index is 1040. The molecule has 1 N–H and O–H groups in total. The van der Waals surface area contributed by atoms with Gasteiger partial charge >= 0.3 is 5.97 Å². The van der Waals surface area contributed by atoms with Gasteiger partial charge in [-0.25, -0.2) is 10.2 Å². The van der Waals surface area contributed by atoms with Gasteiger partial charge in [0.15, 0.2) is 0 Å². The van der Waals surface area contributed by atoms with E-state index in [1.807, 2.05) is 30.3 Å². The number of methoxy groups -OCH3 is 1. The van der Waals surface area contributed by atoms with Crippen LogP contribution in [0.25, 0.3) is 6.08 Å². The number of amides is 1. The Hall–Kier alpha value is -4.19. The summed E-state index contributed by atoms with van der Waals surface area (Å²) in [5, 5.41) is 3.93. The molecule has 0 saturated carbocycles. The molecule has 0 heterocycles. The van der Waals surface area contributed by atoms with Gasteiger partial charge in [0.05, 0.1) is 13.3 Å². The molecule has 0 unspecified atom stereocenters. The number of esters is 1. The van der Waals surface area contributed by atoms with Crippen molar-refractivity contribution in [1.29, 1.82) is 0 Å². The van der Waals surface area contributed by atoms with Crippen molar-refractivity contribution in [3.05, 3.63) is 102 Å². The number of carbonyl (C=O) groups excluding carboxylic acids is 2. The molecule has 0 aliphatic carbocycles. The minimum Gasteiger partial charge on any atom is -0.497 e. The monoisotopic (exact) mass is 400 g/mol. The fourth-order valence-corrected chi connectivity index (χ4v) is 2.47. The first-order valence-corrected chi connectivity index (χ1v) is 9.16. The van der Waals surface area contributed by atoms with Gasteiger partial charge in [0, 0.05) is 11.6 Å². The number of rotatable bonds is 7. The Morgan fingerprint density at radius 1 is 0.833 bits per heavy atom. The summed E-state index contributed by atoms with van der Waals surface area (Å²) in [7, 11) is 1.60. The number of nitrogens with zero attached hydrogens (tertiary/aromatic N) is 1. The van der Waals surface area contributed by atoms with Crippen LogP contribution < -0.4 is 14.9 Å². The molecular formula is C24H20N2O4. The zero-order chi connectivity index (χ0) is 21.2. The van der Waals surface area contributed by atoms with E-state index in [1.165, 1.54) is 12.3 Å². The van der Waals surface area contributed by atoms with Gasteiger partial charge in [-0.2, -0.15) is 5.10 Å². The van der Waals surface area contributed by atoms with Gasteiger partial charge in [0.25, 0.3) is 5.91 Å². The molecule has 0 atom stereocenters. The minimum atomic E-state index is -0.484. The smallest absolute Gasteiger partial charge is 0.336 e. The van der Waals surface area contributed by atoms with Crippen LogP contribution in [0.5, 0.6) is 11.5 Å². The highest BCUT2D eigenvalue weighted by Gasteiger charge is 2.03. The SMILES string of the molecule is COc1ccc(/C=C/C(=O)Oc2ccc(/C=N/NC(=O)c3ccccc3)cc2)cc1. The molecule has 150 valence electrons. The van der Waals surface area contributed by atoms with Crippen LogP contribution in [0, 0.1) is 0 Å². The van der Waals surface area contributed by atoms with Gasteiger partial charge in [0.2, 0.25) is 0 Å². The molecule has 0 aliphatic rings. The number of nitrogens with one attached hydrogen (secondary N) is 1. The summed E-state index contributed by atoms with van der Waals surface area (Å²) in [5.41, 5.74) is 4.59. The van der Waals surface area contributed by atoms with Crippen molar-refractivity contribution >= 4 is 24.2 Å². The largest absolute Gasteiger partial charge is 0.497 e. The third-order valence-electron chi connectivity index (χ3n) is 4.04. The van der Waals surface area contributed by atoms with Gasteiger partial charge in [-0.3, -0.25) is 4.79 Å². The molecule has 1 amide bonds. The van der Waals surface area contributed by atoms with Gasteiger partial charge < -0.3 is 9.47 Å².